The van der Waals surface area contributed by atoms with Crippen LogP contribution >= 0.6 is 0 Å². The molecule has 138 valence electrons. The van der Waals surface area contributed by atoms with E-state index in [-0.39, 0.29) is 18.7 Å². The molecule has 0 bridgehead atoms. The molecule has 0 aromatic carbocycles. The fourth-order valence-electron chi connectivity index (χ4n) is 1.40. The molecule has 0 saturated carbocycles. The molecule has 1 heterocycles. The fraction of sp³-hybridized carbons (Fsp3) is 0.562. The Bertz CT molecular complexity index is 495. The lowest BCUT2D eigenvalue weighted by Gasteiger charge is -2.07. The molecule has 7 nitrogen and oxygen atoms in total. The smallest absolute Gasteiger partial charge is 0.171 e. The van der Waals surface area contributed by atoms with E-state index in [1.54, 1.807) is 19.1 Å². The van der Waals surface area contributed by atoms with E-state index < -0.39 is 6.17 Å². The average molecular weight is 342 g/mol. The molecular weight excluding hydrogens is 311 g/mol. The van der Waals surface area contributed by atoms with E-state index in [4.69, 9.17) is 11.5 Å². The van der Waals surface area contributed by atoms with E-state index >= 15 is 0 Å². The summed E-state index contributed by atoms with van der Waals surface area (Å²) in [7, 11) is 3.75. The monoisotopic (exact) mass is 342 g/mol. The van der Waals surface area contributed by atoms with Crippen LogP contribution in [-0.2, 0) is 6.54 Å². The van der Waals surface area contributed by atoms with Crippen molar-refractivity contribution in [3.8, 4) is 0 Å². The minimum Gasteiger partial charge on any atom is -0.402 e. The van der Waals surface area contributed by atoms with E-state index in [1.165, 1.54) is 10.9 Å². The van der Waals surface area contributed by atoms with Crippen LogP contribution in [-0.4, -0.2) is 41.5 Å². The van der Waals surface area contributed by atoms with Crippen LogP contribution in [0.2, 0.25) is 0 Å². The van der Waals surface area contributed by atoms with Crippen molar-refractivity contribution in [3.63, 3.8) is 0 Å². The second-order valence-electron chi connectivity index (χ2n) is 4.77. The number of carbonyl (C=O) groups excluding carboxylic acids is 1. The van der Waals surface area contributed by atoms with Crippen LogP contribution in [0.4, 0.5) is 4.39 Å². The molecule has 1 atom stereocenters. The quantitative estimate of drug-likeness (QED) is 0.514. The number of hydrogen-bond acceptors (Lipinski definition) is 6. The fourth-order valence-corrected chi connectivity index (χ4v) is 1.40. The van der Waals surface area contributed by atoms with Crippen molar-refractivity contribution in [2.75, 3.05) is 14.1 Å². The van der Waals surface area contributed by atoms with Crippen molar-refractivity contribution in [1.82, 2.24) is 20.3 Å². The summed E-state index contributed by atoms with van der Waals surface area (Å²) in [4.78, 5) is 10.4. The zero-order valence-corrected chi connectivity index (χ0v) is 15.3. The Labute approximate surface area is 144 Å². The summed E-state index contributed by atoms with van der Waals surface area (Å²) in [6, 6.07) is 0. The molecule has 24 heavy (non-hydrogen) atoms. The minimum atomic E-state index is -1.10. The largest absolute Gasteiger partial charge is 0.402 e. The lowest BCUT2D eigenvalue weighted by Crippen LogP contribution is -2.13. The van der Waals surface area contributed by atoms with E-state index in [1.807, 2.05) is 27.9 Å². The summed E-state index contributed by atoms with van der Waals surface area (Å²) in [5.41, 5.74) is 12.6. The molecule has 0 aliphatic heterocycles. The van der Waals surface area contributed by atoms with Gasteiger partial charge in [-0.3, -0.25) is 4.79 Å². The summed E-state index contributed by atoms with van der Waals surface area (Å²) in [5.74, 6) is 0. The van der Waals surface area contributed by atoms with Crippen molar-refractivity contribution in [3.05, 3.63) is 35.4 Å². The van der Waals surface area contributed by atoms with Crippen molar-refractivity contribution in [2.45, 2.75) is 46.3 Å². The first-order valence-electron chi connectivity index (χ1n) is 7.89. The van der Waals surface area contributed by atoms with Gasteiger partial charge in [0.15, 0.2) is 6.29 Å². The second-order valence-corrected chi connectivity index (χ2v) is 4.77. The van der Waals surface area contributed by atoms with Gasteiger partial charge in [0.05, 0.1) is 12.7 Å². The van der Waals surface area contributed by atoms with E-state index in [0.29, 0.717) is 24.1 Å². The van der Waals surface area contributed by atoms with Crippen LogP contribution < -0.4 is 16.8 Å². The SMILES string of the molecule is C/C(N)=C/C=C(\N)CCC(F)Cn1cc(C=O)nn1.CC.CNC. The van der Waals surface area contributed by atoms with Crippen LogP contribution in [0.1, 0.15) is 44.1 Å². The Morgan fingerprint density at radius 2 is 1.96 bits per heavy atom. The maximum atomic E-state index is 13.7. The molecule has 0 fully saturated rings. The number of carbonyl (C=O) groups is 1. The van der Waals surface area contributed by atoms with Gasteiger partial charge in [-0.25, -0.2) is 9.07 Å². The summed E-state index contributed by atoms with van der Waals surface area (Å²) < 4.78 is 15.0. The van der Waals surface area contributed by atoms with Crippen LogP contribution in [0.25, 0.3) is 0 Å². The molecule has 5 N–H and O–H groups in total. The first-order valence-corrected chi connectivity index (χ1v) is 7.89. The summed E-state index contributed by atoms with van der Waals surface area (Å²) in [5, 5.41) is 9.94. The Hall–Kier alpha value is -2.22. The van der Waals surface area contributed by atoms with Crippen molar-refractivity contribution >= 4 is 6.29 Å². The number of hydrogen-bond donors (Lipinski definition) is 3. The highest BCUT2D eigenvalue weighted by molar-refractivity contribution is 5.70. The second kappa shape index (κ2) is 15.7. The van der Waals surface area contributed by atoms with Crippen LogP contribution in [0.15, 0.2) is 29.7 Å². The van der Waals surface area contributed by atoms with Crippen molar-refractivity contribution in [1.29, 1.82) is 0 Å². The number of allylic oxidation sites excluding steroid dienone is 4. The molecule has 1 aromatic heterocycles. The zero-order chi connectivity index (χ0) is 19.0. The topological polar surface area (TPSA) is 112 Å². The first kappa shape index (κ1) is 24.0. The predicted octanol–water partition coefficient (Wildman–Crippen LogP) is 1.78. The highest BCUT2D eigenvalue weighted by atomic mass is 19.1. The van der Waals surface area contributed by atoms with Crippen molar-refractivity contribution in [2.24, 2.45) is 11.5 Å². The number of aromatic nitrogens is 3. The maximum absolute atomic E-state index is 13.7. The number of halogens is 1. The maximum Gasteiger partial charge on any atom is 0.171 e. The number of alkyl halides is 1. The molecular formula is C16H31FN6O. The van der Waals surface area contributed by atoms with Gasteiger partial charge < -0.3 is 16.8 Å². The van der Waals surface area contributed by atoms with Gasteiger partial charge in [0, 0.05) is 11.4 Å². The standard InChI is InChI=1S/C12H18FN5O.C2H7N.C2H6/c1-9(14)2-4-11(15)5-3-10(13)6-18-7-12(8-19)16-17-18;1-3-2;1-2/h2,4,7-8,10H,3,5-6,14-15H2,1H3;3H,1-2H3;1-2H3/b9-2-,11-4-;;. The molecule has 0 saturated heterocycles. The molecule has 1 unspecified atom stereocenters. The number of nitrogens with one attached hydrogen (secondary N) is 1. The van der Waals surface area contributed by atoms with Gasteiger partial charge in [-0.05, 0) is 46.0 Å². The normalized spacial score (nSPS) is 12.4. The van der Waals surface area contributed by atoms with Gasteiger partial charge in [-0.1, -0.05) is 19.1 Å². The number of nitrogens with zero attached hydrogens (tertiary/aromatic N) is 3. The summed E-state index contributed by atoms with van der Waals surface area (Å²) >= 11 is 0. The number of rotatable bonds is 7. The third-order valence-electron chi connectivity index (χ3n) is 2.37. The Morgan fingerprint density at radius 3 is 2.42 bits per heavy atom. The Kier molecular flexibility index (Phi) is 15.7. The third-order valence-corrected chi connectivity index (χ3v) is 2.37. The Balaban J connectivity index is 0. The lowest BCUT2D eigenvalue weighted by atomic mass is 10.1. The Morgan fingerprint density at radius 1 is 1.38 bits per heavy atom. The minimum absolute atomic E-state index is 0.0554. The number of aldehydes is 1. The predicted molar refractivity (Wildman–Crippen MR) is 96.1 cm³/mol. The molecule has 1 rings (SSSR count). The molecule has 0 radical (unpaired) electrons. The van der Waals surface area contributed by atoms with Gasteiger partial charge in [0.25, 0.3) is 0 Å². The number of nitrogens with two attached hydrogens (primary N) is 2. The molecule has 1 aromatic rings. The average Bonchev–Trinajstić information content (AvgIpc) is 3.01. The van der Waals surface area contributed by atoms with Gasteiger partial charge >= 0.3 is 0 Å². The molecule has 0 spiro atoms. The van der Waals surface area contributed by atoms with Gasteiger partial charge in [-0.2, -0.15) is 0 Å². The van der Waals surface area contributed by atoms with Gasteiger partial charge in [-0.15, -0.1) is 5.10 Å². The molecule has 0 amide bonds. The lowest BCUT2D eigenvalue weighted by molar-refractivity contribution is 0.111. The molecule has 0 aliphatic carbocycles. The van der Waals surface area contributed by atoms with Crippen LogP contribution in [0.5, 0.6) is 0 Å². The van der Waals surface area contributed by atoms with Crippen LogP contribution in [0.3, 0.4) is 0 Å². The van der Waals surface area contributed by atoms with E-state index in [2.05, 4.69) is 15.6 Å². The summed E-state index contributed by atoms with van der Waals surface area (Å²) in [6.45, 7) is 5.80. The van der Waals surface area contributed by atoms with Crippen molar-refractivity contribution < 1.29 is 9.18 Å². The highest BCUT2D eigenvalue weighted by Gasteiger charge is 2.09. The first-order chi connectivity index (χ1) is 11.4. The van der Waals surface area contributed by atoms with Gasteiger partial charge in [0.2, 0.25) is 0 Å². The van der Waals surface area contributed by atoms with Gasteiger partial charge in [0.1, 0.15) is 11.9 Å². The van der Waals surface area contributed by atoms with E-state index in [0.717, 1.165) is 0 Å². The zero-order valence-electron chi connectivity index (χ0n) is 15.3. The summed E-state index contributed by atoms with van der Waals surface area (Å²) in [6.07, 6.45) is 4.92. The van der Waals surface area contributed by atoms with E-state index in [9.17, 15) is 9.18 Å². The molecule has 8 heteroatoms. The third kappa shape index (κ3) is 13.4. The highest BCUT2D eigenvalue weighted by Crippen LogP contribution is 2.08. The van der Waals surface area contributed by atoms with Crippen LogP contribution in [0, 0.1) is 0 Å². The molecule has 0 aliphatic rings.